The highest BCUT2D eigenvalue weighted by molar-refractivity contribution is 4.83. The van der Waals surface area contributed by atoms with E-state index in [0.29, 0.717) is 32.0 Å². The van der Waals surface area contributed by atoms with Crippen LogP contribution in [0.5, 0.6) is 0 Å². The first kappa shape index (κ1) is 19.2. The van der Waals surface area contributed by atoms with Gasteiger partial charge in [-0.3, -0.25) is 15.0 Å². The quantitative estimate of drug-likeness (QED) is 0.395. The van der Waals surface area contributed by atoms with Crippen LogP contribution >= 0.6 is 0 Å². The molecule has 0 amide bonds. The predicted molar refractivity (Wildman–Crippen MR) is 89.7 cm³/mol. The molecule has 0 saturated heterocycles. The van der Waals surface area contributed by atoms with Gasteiger partial charge >= 0.3 is 0 Å². The summed E-state index contributed by atoms with van der Waals surface area (Å²) in [6.45, 7) is 1.45. The topological polar surface area (TPSA) is 112 Å². The lowest BCUT2D eigenvalue weighted by molar-refractivity contribution is -0.526. The standard InChI is InChI=1S/C16H30N4O4/c21-11-9-19(10-12-22)15-5-1-13(2-6-15)17-18-14-3-7-16(8-4-14)20(23)24/h13-16,21-22H,1-12H2. The smallest absolute Gasteiger partial charge is 0.213 e. The number of aliphatic hydroxyl groups is 2. The van der Waals surface area contributed by atoms with E-state index < -0.39 is 6.04 Å². The van der Waals surface area contributed by atoms with E-state index in [2.05, 4.69) is 15.1 Å². The van der Waals surface area contributed by atoms with Crippen molar-refractivity contribution >= 4 is 0 Å². The van der Waals surface area contributed by atoms with Crippen LogP contribution in [0, 0.1) is 10.1 Å². The Hall–Kier alpha value is -1.12. The van der Waals surface area contributed by atoms with Gasteiger partial charge in [-0.05, 0) is 38.5 Å². The minimum atomic E-state index is -0.393. The Balaban J connectivity index is 1.72. The molecule has 0 radical (unpaired) electrons. The number of hydrogen-bond donors (Lipinski definition) is 2. The summed E-state index contributed by atoms with van der Waals surface area (Å²) in [7, 11) is 0. The van der Waals surface area contributed by atoms with Gasteiger partial charge < -0.3 is 10.2 Å². The summed E-state index contributed by atoms with van der Waals surface area (Å²) in [4.78, 5) is 12.8. The van der Waals surface area contributed by atoms with Crippen LogP contribution < -0.4 is 0 Å². The summed E-state index contributed by atoms with van der Waals surface area (Å²) in [5.74, 6) is 0. The van der Waals surface area contributed by atoms with Crippen LogP contribution in [-0.2, 0) is 0 Å². The number of rotatable bonds is 8. The van der Waals surface area contributed by atoms with Gasteiger partial charge in [-0.15, -0.1) is 0 Å². The summed E-state index contributed by atoms with van der Waals surface area (Å²) >= 11 is 0. The Bertz CT molecular complexity index is 399. The first-order valence-electron chi connectivity index (χ1n) is 9.13. The third kappa shape index (κ3) is 5.75. The van der Waals surface area contributed by atoms with Gasteiger partial charge in [0, 0.05) is 36.9 Å². The molecule has 0 heterocycles. The lowest BCUT2D eigenvalue weighted by atomic mass is 9.90. The summed E-state index contributed by atoms with van der Waals surface area (Å²) in [6.07, 6.45) is 6.74. The largest absolute Gasteiger partial charge is 0.395 e. The maximum absolute atomic E-state index is 10.8. The van der Waals surface area contributed by atoms with Gasteiger partial charge in [0.1, 0.15) is 0 Å². The van der Waals surface area contributed by atoms with Crippen molar-refractivity contribution in [3.8, 4) is 0 Å². The monoisotopic (exact) mass is 342 g/mol. The second-order valence-electron chi connectivity index (χ2n) is 6.92. The number of aliphatic hydroxyl groups excluding tert-OH is 2. The van der Waals surface area contributed by atoms with Crippen molar-refractivity contribution in [2.45, 2.75) is 75.5 Å². The molecule has 2 aliphatic carbocycles. The van der Waals surface area contributed by atoms with Gasteiger partial charge in [0.25, 0.3) is 0 Å². The predicted octanol–water partition coefficient (Wildman–Crippen LogP) is 1.62. The number of azo groups is 1. The zero-order valence-electron chi connectivity index (χ0n) is 14.3. The molecule has 2 aliphatic rings. The molecule has 2 N–H and O–H groups in total. The Kier molecular flexibility index (Phi) is 8.01. The van der Waals surface area contributed by atoms with Gasteiger partial charge in [-0.1, -0.05) is 0 Å². The van der Waals surface area contributed by atoms with Gasteiger partial charge in [-0.25, -0.2) is 0 Å². The molecule has 0 spiro atoms. The van der Waals surface area contributed by atoms with E-state index >= 15 is 0 Å². The number of nitrogens with zero attached hydrogens (tertiary/aromatic N) is 4. The third-order valence-electron chi connectivity index (χ3n) is 5.31. The molecule has 0 unspecified atom stereocenters. The first-order valence-corrected chi connectivity index (χ1v) is 9.13. The molecule has 8 nitrogen and oxygen atoms in total. The summed E-state index contributed by atoms with van der Waals surface area (Å²) in [5, 5.41) is 38.0. The zero-order valence-corrected chi connectivity index (χ0v) is 14.3. The molecule has 0 aromatic rings. The van der Waals surface area contributed by atoms with Crippen molar-refractivity contribution in [3.63, 3.8) is 0 Å². The molecule has 8 heteroatoms. The highest BCUT2D eigenvalue weighted by atomic mass is 16.6. The molecule has 0 bridgehead atoms. The van der Waals surface area contributed by atoms with E-state index in [4.69, 9.17) is 10.2 Å². The van der Waals surface area contributed by atoms with Gasteiger partial charge in [-0.2, -0.15) is 10.2 Å². The molecular weight excluding hydrogens is 312 g/mol. The molecule has 2 saturated carbocycles. The van der Waals surface area contributed by atoms with E-state index in [1.807, 2.05) is 0 Å². The normalized spacial score (nSPS) is 31.6. The molecule has 0 aromatic heterocycles. The van der Waals surface area contributed by atoms with Crippen molar-refractivity contribution in [1.29, 1.82) is 0 Å². The minimum Gasteiger partial charge on any atom is -0.395 e. The van der Waals surface area contributed by atoms with E-state index in [0.717, 1.165) is 38.5 Å². The van der Waals surface area contributed by atoms with E-state index in [9.17, 15) is 10.1 Å². The molecule has 2 rings (SSSR count). The molecule has 138 valence electrons. The molecule has 0 aromatic carbocycles. The van der Waals surface area contributed by atoms with Crippen LogP contribution in [0.15, 0.2) is 10.2 Å². The van der Waals surface area contributed by atoms with Crippen molar-refractivity contribution in [2.24, 2.45) is 10.2 Å². The highest BCUT2D eigenvalue weighted by Gasteiger charge is 2.29. The second kappa shape index (κ2) is 10.0. The average molecular weight is 342 g/mol. The van der Waals surface area contributed by atoms with Crippen molar-refractivity contribution in [1.82, 2.24) is 4.90 Å². The van der Waals surface area contributed by atoms with Crippen LogP contribution in [0.2, 0.25) is 0 Å². The summed E-state index contributed by atoms with van der Waals surface area (Å²) in [6, 6.07) is 0.418. The maximum atomic E-state index is 10.8. The van der Waals surface area contributed by atoms with Crippen LogP contribution in [0.4, 0.5) is 0 Å². The Morgan fingerprint density at radius 3 is 1.75 bits per heavy atom. The lowest BCUT2D eigenvalue weighted by Gasteiger charge is -2.35. The molecule has 0 aliphatic heterocycles. The first-order chi connectivity index (χ1) is 11.6. The average Bonchev–Trinajstić information content (AvgIpc) is 2.60. The highest BCUT2D eigenvalue weighted by Crippen LogP contribution is 2.27. The van der Waals surface area contributed by atoms with Crippen molar-refractivity contribution in [2.75, 3.05) is 26.3 Å². The van der Waals surface area contributed by atoms with Crippen LogP contribution in [0.3, 0.4) is 0 Å². The van der Waals surface area contributed by atoms with Crippen molar-refractivity contribution < 1.29 is 15.1 Å². The fourth-order valence-electron chi connectivity index (χ4n) is 3.85. The number of hydrogen-bond acceptors (Lipinski definition) is 7. The second-order valence-corrected chi connectivity index (χ2v) is 6.92. The van der Waals surface area contributed by atoms with E-state index in [1.165, 1.54) is 0 Å². The molecular formula is C16H30N4O4. The van der Waals surface area contributed by atoms with E-state index in [-0.39, 0.29) is 30.2 Å². The fourth-order valence-corrected chi connectivity index (χ4v) is 3.85. The Morgan fingerprint density at radius 2 is 1.33 bits per heavy atom. The Morgan fingerprint density at radius 1 is 0.875 bits per heavy atom. The van der Waals surface area contributed by atoms with Gasteiger partial charge in [0.2, 0.25) is 6.04 Å². The zero-order chi connectivity index (χ0) is 17.4. The molecule has 0 atom stereocenters. The van der Waals surface area contributed by atoms with Crippen LogP contribution in [0.25, 0.3) is 0 Å². The van der Waals surface area contributed by atoms with Crippen LogP contribution in [0.1, 0.15) is 51.4 Å². The maximum Gasteiger partial charge on any atom is 0.213 e. The van der Waals surface area contributed by atoms with Gasteiger partial charge in [0.15, 0.2) is 0 Å². The summed E-state index contributed by atoms with van der Waals surface area (Å²) in [5.41, 5.74) is 0. The van der Waals surface area contributed by atoms with Gasteiger partial charge in [0.05, 0.1) is 25.3 Å². The van der Waals surface area contributed by atoms with Crippen LogP contribution in [-0.4, -0.2) is 70.5 Å². The third-order valence-corrected chi connectivity index (χ3v) is 5.31. The minimum absolute atomic E-state index is 0.118. The molecule has 24 heavy (non-hydrogen) atoms. The van der Waals surface area contributed by atoms with Crippen molar-refractivity contribution in [3.05, 3.63) is 10.1 Å². The molecule has 2 fully saturated rings. The summed E-state index contributed by atoms with van der Waals surface area (Å²) < 4.78 is 0. The Labute approximate surface area is 143 Å². The lowest BCUT2D eigenvalue weighted by Crippen LogP contribution is -2.42. The fraction of sp³-hybridized carbons (Fsp3) is 1.00. The number of nitro groups is 1. The SMILES string of the molecule is O=[N+]([O-])C1CCC(N=NC2CCC(N(CCO)CCO)CC2)CC1. The van der Waals surface area contributed by atoms with E-state index in [1.54, 1.807) is 0 Å².